The molecule has 0 aliphatic carbocycles. The van der Waals surface area contributed by atoms with Crippen molar-refractivity contribution < 1.29 is 28.8 Å². The van der Waals surface area contributed by atoms with E-state index < -0.39 is 5.97 Å². The SMILES string of the molecule is COCCOCCOCCOc1ncc(C(=O)O)cc1N. The van der Waals surface area contributed by atoms with Crippen LogP contribution >= 0.6 is 0 Å². The van der Waals surface area contributed by atoms with E-state index in [4.69, 9.17) is 29.8 Å². The van der Waals surface area contributed by atoms with Crippen molar-refractivity contribution in [1.82, 2.24) is 4.98 Å². The summed E-state index contributed by atoms with van der Waals surface area (Å²) >= 11 is 0. The molecule has 1 rings (SSSR count). The Bertz CT molecular complexity index is 441. The van der Waals surface area contributed by atoms with Gasteiger partial charge in [0.2, 0.25) is 5.88 Å². The van der Waals surface area contributed by atoms with Gasteiger partial charge in [-0.15, -0.1) is 0 Å². The Kier molecular flexibility index (Phi) is 8.10. The summed E-state index contributed by atoms with van der Waals surface area (Å²) in [5.74, 6) is -0.891. The average Bonchev–Trinajstić information content (AvgIpc) is 2.46. The molecule has 0 saturated heterocycles. The van der Waals surface area contributed by atoms with Crippen LogP contribution in [0.3, 0.4) is 0 Å². The number of nitrogens with two attached hydrogens (primary N) is 1. The molecule has 0 amide bonds. The van der Waals surface area contributed by atoms with Crippen LogP contribution in [0.5, 0.6) is 5.88 Å². The maximum Gasteiger partial charge on any atom is 0.337 e. The fourth-order valence-corrected chi connectivity index (χ4v) is 1.37. The van der Waals surface area contributed by atoms with Crippen LogP contribution in [0.25, 0.3) is 0 Å². The molecule has 3 N–H and O–H groups in total. The molecule has 0 bridgehead atoms. The molecule has 0 aromatic carbocycles. The third-order valence-electron chi connectivity index (χ3n) is 2.40. The summed E-state index contributed by atoms with van der Waals surface area (Å²) in [5.41, 5.74) is 5.84. The molecule has 1 heterocycles. The van der Waals surface area contributed by atoms with Crippen LogP contribution in [-0.2, 0) is 14.2 Å². The van der Waals surface area contributed by atoms with Gasteiger partial charge in [-0.3, -0.25) is 0 Å². The predicted octanol–water partition coefficient (Wildman–Crippen LogP) is 0.420. The van der Waals surface area contributed by atoms with Gasteiger partial charge in [0.25, 0.3) is 0 Å². The molecule has 118 valence electrons. The Labute approximate surface area is 122 Å². The van der Waals surface area contributed by atoms with Crippen molar-refractivity contribution in [2.24, 2.45) is 0 Å². The first kappa shape index (κ1) is 17.2. The van der Waals surface area contributed by atoms with E-state index >= 15 is 0 Å². The van der Waals surface area contributed by atoms with E-state index in [0.717, 1.165) is 0 Å². The van der Waals surface area contributed by atoms with E-state index in [2.05, 4.69) is 4.98 Å². The second kappa shape index (κ2) is 9.92. The van der Waals surface area contributed by atoms with Crippen LogP contribution in [0.2, 0.25) is 0 Å². The highest BCUT2D eigenvalue weighted by atomic mass is 16.6. The molecule has 0 unspecified atom stereocenters. The zero-order valence-corrected chi connectivity index (χ0v) is 11.9. The zero-order valence-electron chi connectivity index (χ0n) is 11.9. The third kappa shape index (κ3) is 6.89. The fraction of sp³-hybridized carbons (Fsp3) is 0.538. The summed E-state index contributed by atoms with van der Waals surface area (Å²) in [5, 5.41) is 8.77. The van der Waals surface area contributed by atoms with E-state index in [1.807, 2.05) is 0 Å². The van der Waals surface area contributed by atoms with Gasteiger partial charge in [-0.1, -0.05) is 0 Å². The normalized spacial score (nSPS) is 10.5. The van der Waals surface area contributed by atoms with Crippen molar-refractivity contribution in [3.8, 4) is 5.88 Å². The molecular weight excluding hydrogens is 280 g/mol. The summed E-state index contributed by atoms with van der Waals surface area (Å²) < 4.78 is 20.6. The van der Waals surface area contributed by atoms with Crippen LogP contribution in [0.15, 0.2) is 12.3 Å². The standard InChI is InChI=1S/C13H20N2O6/c1-18-2-3-19-4-5-20-6-7-21-12-11(14)8-10(9-15-12)13(16)17/h8-9H,2-7,14H2,1H3,(H,16,17). The monoisotopic (exact) mass is 300 g/mol. The van der Waals surface area contributed by atoms with Gasteiger partial charge < -0.3 is 29.8 Å². The Morgan fingerprint density at radius 2 is 1.81 bits per heavy atom. The molecule has 1 aromatic heterocycles. The van der Waals surface area contributed by atoms with Gasteiger partial charge in [-0.05, 0) is 6.07 Å². The maximum atomic E-state index is 10.7. The van der Waals surface area contributed by atoms with Gasteiger partial charge in [0.1, 0.15) is 6.61 Å². The minimum absolute atomic E-state index is 0.0179. The lowest BCUT2D eigenvalue weighted by atomic mass is 10.2. The van der Waals surface area contributed by atoms with Gasteiger partial charge in [-0.25, -0.2) is 9.78 Å². The Hall–Kier alpha value is -1.90. The van der Waals surface area contributed by atoms with Crippen molar-refractivity contribution in [2.45, 2.75) is 0 Å². The maximum absolute atomic E-state index is 10.7. The molecule has 0 atom stereocenters. The Morgan fingerprint density at radius 3 is 2.38 bits per heavy atom. The minimum Gasteiger partial charge on any atom is -0.478 e. The minimum atomic E-state index is -1.09. The number of carboxylic acid groups (broad SMARTS) is 1. The van der Waals surface area contributed by atoms with E-state index in [9.17, 15) is 4.79 Å². The Balaban J connectivity index is 2.14. The van der Waals surface area contributed by atoms with Crippen molar-refractivity contribution in [3.63, 3.8) is 0 Å². The number of rotatable bonds is 11. The summed E-state index contributed by atoms with van der Waals surface area (Å²) in [6, 6.07) is 1.30. The number of nitrogens with zero attached hydrogens (tertiary/aromatic N) is 1. The molecule has 1 aromatic rings. The molecule has 0 aliphatic heterocycles. The first-order valence-corrected chi connectivity index (χ1v) is 6.41. The van der Waals surface area contributed by atoms with Gasteiger partial charge in [-0.2, -0.15) is 0 Å². The number of aromatic carboxylic acids is 1. The quantitative estimate of drug-likeness (QED) is 0.565. The average molecular weight is 300 g/mol. The van der Waals surface area contributed by atoms with E-state index in [0.29, 0.717) is 33.0 Å². The molecule has 0 spiro atoms. The largest absolute Gasteiger partial charge is 0.478 e. The van der Waals surface area contributed by atoms with Crippen molar-refractivity contribution in [2.75, 3.05) is 52.5 Å². The van der Waals surface area contributed by atoms with Crippen LogP contribution < -0.4 is 10.5 Å². The highest BCUT2D eigenvalue weighted by Gasteiger charge is 2.08. The smallest absolute Gasteiger partial charge is 0.337 e. The van der Waals surface area contributed by atoms with Gasteiger partial charge in [0.15, 0.2) is 0 Å². The van der Waals surface area contributed by atoms with Crippen LogP contribution in [0.4, 0.5) is 5.69 Å². The lowest BCUT2D eigenvalue weighted by Gasteiger charge is -2.09. The number of anilines is 1. The van der Waals surface area contributed by atoms with Crippen molar-refractivity contribution in [3.05, 3.63) is 17.8 Å². The molecule has 0 aliphatic rings. The number of pyridine rings is 1. The molecular formula is C13H20N2O6. The summed E-state index contributed by atoms with van der Waals surface area (Å²) in [6.45, 7) is 2.65. The van der Waals surface area contributed by atoms with Gasteiger partial charge in [0.05, 0.1) is 44.3 Å². The second-order valence-corrected chi connectivity index (χ2v) is 3.99. The number of nitrogen functional groups attached to an aromatic ring is 1. The Morgan fingerprint density at radius 1 is 1.19 bits per heavy atom. The predicted molar refractivity (Wildman–Crippen MR) is 74.6 cm³/mol. The van der Waals surface area contributed by atoms with E-state index in [-0.39, 0.29) is 23.7 Å². The molecule has 0 saturated carbocycles. The highest BCUT2D eigenvalue weighted by Crippen LogP contribution is 2.18. The number of aromatic nitrogens is 1. The van der Waals surface area contributed by atoms with Crippen LogP contribution in [0, 0.1) is 0 Å². The van der Waals surface area contributed by atoms with Gasteiger partial charge in [0, 0.05) is 13.3 Å². The number of carboxylic acids is 1. The summed E-state index contributed by atoms with van der Waals surface area (Å²) in [6.07, 6.45) is 1.19. The molecule has 8 nitrogen and oxygen atoms in total. The van der Waals surface area contributed by atoms with Crippen molar-refractivity contribution >= 4 is 11.7 Å². The topological polar surface area (TPSA) is 113 Å². The number of methoxy groups -OCH3 is 1. The lowest BCUT2D eigenvalue weighted by Crippen LogP contribution is -2.13. The molecule has 21 heavy (non-hydrogen) atoms. The first-order valence-electron chi connectivity index (χ1n) is 6.41. The number of ether oxygens (including phenoxy) is 4. The van der Waals surface area contributed by atoms with Crippen LogP contribution in [-0.4, -0.2) is 62.8 Å². The molecule has 8 heteroatoms. The number of carbonyl (C=O) groups is 1. The van der Waals surface area contributed by atoms with E-state index in [1.54, 1.807) is 7.11 Å². The van der Waals surface area contributed by atoms with Gasteiger partial charge >= 0.3 is 5.97 Å². The number of hydrogen-bond acceptors (Lipinski definition) is 7. The zero-order chi connectivity index (χ0) is 15.5. The molecule has 0 radical (unpaired) electrons. The van der Waals surface area contributed by atoms with E-state index in [1.165, 1.54) is 12.3 Å². The summed E-state index contributed by atoms with van der Waals surface area (Å²) in [7, 11) is 1.61. The van der Waals surface area contributed by atoms with Crippen LogP contribution in [0.1, 0.15) is 10.4 Å². The molecule has 0 fully saturated rings. The highest BCUT2D eigenvalue weighted by molar-refractivity contribution is 5.88. The fourth-order valence-electron chi connectivity index (χ4n) is 1.37. The second-order valence-electron chi connectivity index (χ2n) is 3.99. The summed E-state index contributed by atoms with van der Waals surface area (Å²) in [4.78, 5) is 14.6. The third-order valence-corrected chi connectivity index (χ3v) is 2.40. The number of hydrogen-bond donors (Lipinski definition) is 2. The van der Waals surface area contributed by atoms with Crippen molar-refractivity contribution in [1.29, 1.82) is 0 Å². The first-order chi connectivity index (χ1) is 10.1. The lowest BCUT2D eigenvalue weighted by molar-refractivity contribution is 0.0177.